The standard InChI is InChI=1S/C20H28NO5P/c1-6-13-26-27(23,17-10-8-16(9-11-17)21(2)3)20(22)15-7-12-18(24-4)19(14-15)25-5/h7-12,14,20,22H,6,13H2,1-5H3/t20-,27+/m1/s1. The van der Waals surface area contributed by atoms with Crippen LogP contribution >= 0.6 is 7.37 Å². The first-order valence-electron chi connectivity index (χ1n) is 8.79. The van der Waals surface area contributed by atoms with Crippen molar-refractivity contribution < 1.29 is 23.7 Å². The van der Waals surface area contributed by atoms with E-state index in [1.54, 1.807) is 30.3 Å². The Kier molecular flexibility index (Phi) is 7.31. The molecule has 0 aliphatic rings. The molecule has 148 valence electrons. The third kappa shape index (κ3) is 4.64. The van der Waals surface area contributed by atoms with Crippen molar-refractivity contribution in [2.75, 3.05) is 39.8 Å². The molecule has 0 spiro atoms. The number of aliphatic hydroxyl groups excluding tert-OH is 1. The Balaban J connectivity index is 2.46. The van der Waals surface area contributed by atoms with Gasteiger partial charge in [-0.05, 0) is 48.4 Å². The predicted molar refractivity (Wildman–Crippen MR) is 109 cm³/mol. The Morgan fingerprint density at radius 3 is 2.19 bits per heavy atom. The minimum atomic E-state index is -3.56. The molecule has 2 aromatic carbocycles. The molecule has 0 fully saturated rings. The average molecular weight is 393 g/mol. The fraction of sp³-hybridized carbons (Fsp3) is 0.400. The zero-order valence-electron chi connectivity index (χ0n) is 16.5. The number of ether oxygens (including phenoxy) is 2. The van der Waals surface area contributed by atoms with Crippen LogP contribution in [0.4, 0.5) is 5.69 Å². The molecule has 0 amide bonds. The van der Waals surface area contributed by atoms with E-state index in [2.05, 4.69) is 0 Å². The molecule has 0 heterocycles. The lowest BCUT2D eigenvalue weighted by molar-refractivity contribution is 0.213. The Labute approximate surface area is 161 Å². The maximum Gasteiger partial charge on any atom is 0.264 e. The fourth-order valence-corrected chi connectivity index (χ4v) is 4.83. The molecule has 0 radical (unpaired) electrons. The molecule has 0 saturated carbocycles. The molecule has 1 N–H and O–H groups in total. The van der Waals surface area contributed by atoms with Crippen LogP contribution < -0.4 is 19.7 Å². The maximum atomic E-state index is 13.8. The largest absolute Gasteiger partial charge is 0.493 e. The van der Waals surface area contributed by atoms with E-state index >= 15 is 0 Å². The number of anilines is 1. The van der Waals surface area contributed by atoms with Crippen LogP contribution in [0.1, 0.15) is 24.8 Å². The van der Waals surface area contributed by atoms with Crippen LogP contribution in [0.5, 0.6) is 11.5 Å². The number of aliphatic hydroxyl groups is 1. The van der Waals surface area contributed by atoms with Crippen LogP contribution in [0, 0.1) is 0 Å². The Hall–Kier alpha value is -2.01. The third-order valence-corrected chi connectivity index (χ3v) is 6.77. The molecular formula is C20H28NO5P. The highest BCUT2D eigenvalue weighted by atomic mass is 31.2. The van der Waals surface area contributed by atoms with Crippen molar-refractivity contribution >= 4 is 18.4 Å². The summed E-state index contributed by atoms with van der Waals surface area (Å²) in [4.78, 5) is 1.95. The van der Waals surface area contributed by atoms with Crippen molar-refractivity contribution in [2.45, 2.75) is 19.2 Å². The topological polar surface area (TPSA) is 68.2 Å². The van der Waals surface area contributed by atoms with Gasteiger partial charge in [-0.25, -0.2) is 0 Å². The van der Waals surface area contributed by atoms with Gasteiger partial charge in [0.05, 0.1) is 20.8 Å². The van der Waals surface area contributed by atoms with E-state index in [-0.39, 0.29) is 6.61 Å². The zero-order chi connectivity index (χ0) is 20.0. The molecule has 0 bridgehead atoms. The maximum absolute atomic E-state index is 13.8. The molecular weight excluding hydrogens is 365 g/mol. The summed E-state index contributed by atoms with van der Waals surface area (Å²) in [5.74, 6) is -0.318. The number of hydrogen-bond donors (Lipinski definition) is 1. The second-order valence-corrected chi connectivity index (χ2v) is 8.79. The van der Waals surface area contributed by atoms with Crippen molar-refractivity contribution in [3.8, 4) is 11.5 Å². The van der Waals surface area contributed by atoms with E-state index in [9.17, 15) is 9.67 Å². The van der Waals surface area contributed by atoms with Crippen LogP contribution in [0.3, 0.4) is 0 Å². The second kappa shape index (κ2) is 9.27. The van der Waals surface area contributed by atoms with E-state index in [0.717, 1.165) is 5.69 Å². The number of methoxy groups -OCH3 is 2. The smallest absolute Gasteiger partial charge is 0.264 e. The lowest BCUT2D eigenvalue weighted by atomic mass is 10.2. The molecule has 0 saturated heterocycles. The summed E-state index contributed by atoms with van der Waals surface area (Å²) in [6.45, 7) is 2.22. The predicted octanol–water partition coefficient (Wildman–Crippen LogP) is 3.79. The summed E-state index contributed by atoms with van der Waals surface area (Å²) >= 11 is 0. The van der Waals surface area contributed by atoms with Crippen LogP contribution in [0.2, 0.25) is 0 Å². The van der Waals surface area contributed by atoms with Gasteiger partial charge >= 0.3 is 0 Å². The van der Waals surface area contributed by atoms with E-state index in [0.29, 0.717) is 28.8 Å². The molecule has 0 aliphatic heterocycles. The molecule has 0 aromatic heterocycles. The van der Waals surface area contributed by atoms with Crippen molar-refractivity contribution in [2.24, 2.45) is 0 Å². The number of benzene rings is 2. The van der Waals surface area contributed by atoms with Crippen LogP contribution in [-0.4, -0.2) is 40.0 Å². The van der Waals surface area contributed by atoms with Crippen LogP contribution in [0.15, 0.2) is 42.5 Å². The minimum absolute atomic E-state index is 0.289. The summed E-state index contributed by atoms with van der Waals surface area (Å²) in [6, 6.07) is 12.2. The van der Waals surface area contributed by atoms with E-state index in [1.807, 2.05) is 38.1 Å². The van der Waals surface area contributed by atoms with Gasteiger partial charge in [-0.15, -0.1) is 0 Å². The quantitative estimate of drug-likeness (QED) is 0.654. The van der Waals surface area contributed by atoms with Gasteiger partial charge in [-0.2, -0.15) is 0 Å². The number of rotatable bonds is 9. The van der Waals surface area contributed by atoms with Crippen LogP contribution in [0.25, 0.3) is 0 Å². The van der Waals surface area contributed by atoms with Crippen molar-refractivity contribution in [1.82, 2.24) is 0 Å². The number of hydrogen-bond acceptors (Lipinski definition) is 6. The lowest BCUT2D eigenvalue weighted by Crippen LogP contribution is -2.16. The molecule has 27 heavy (non-hydrogen) atoms. The Morgan fingerprint density at radius 1 is 1.04 bits per heavy atom. The van der Waals surface area contributed by atoms with Crippen molar-refractivity contribution in [3.05, 3.63) is 48.0 Å². The van der Waals surface area contributed by atoms with Crippen molar-refractivity contribution in [3.63, 3.8) is 0 Å². The summed E-state index contributed by atoms with van der Waals surface area (Å²) in [5.41, 5.74) is 1.42. The molecule has 2 atom stereocenters. The molecule has 0 unspecified atom stereocenters. The number of nitrogens with zero attached hydrogens (tertiary/aromatic N) is 1. The lowest BCUT2D eigenvalue weighted by Gasteiger charge is -2.25. The Morgan fingerprint density at radius 2 is 1.67 bits per heavy atom. The van der Waals surface area contributed by atoms with Crippen molar-refractivity contribution in [1.29, 1.82) is 0 Å². The van der Waals surface area contributed by atoms with Gasteiger partial charge in [0, 0.05) is 25.1 Å². The van der Waals surface area contributed by atoms with Gasteiger partial charge in [0.1, 0.15) is 0 Å². The molecule has 2 rings (SSSR count). The zero-order valence-corrected chi connectivity index (χ0v) is 17.4. The first kappa shape index (κ1) is 21.3. The highest BCUT2D eigenvalue weighted by Crippen LogP contribution is 2.58. The molecule has 2 aromatic rings. The summed E-state index contributed by atoms with van der Waals surface area (Å²) in [5, 5.41) is 11.5. The van der Waals surface area contributed by atoms with Gasteiger partial charge in [-0.1, -0.05) is 13.0 Å². The first-order chi connectivity index (χ1) is 12.9. The van der Waals surface area contributed by atoms with Gasteiger partial charge in [0.25, 0.3) is 7.37 Å². The SMILES string of the molecule is CCCO[P@@](=O)(c1ccc(N(C)C)cc1)[C@@H](O)c1ccc(OC)c(OC)c1. The fourth-order valence-electron chi connectivity index (χ4n) is 2.68. The minimum Gasteiger partial charge on any atom is -0.493 e. The second-order valence-electron chi connectivity index (χ2n) is 6.33. The van der Waals surface area contributed by atoms with E-state index in [1.165, 1.54) is 14.2 Å². The average Bonchev–Trinajstić information content (AvgIpc) is 2.70. The molecule has 7 heteroatoms. The highest BCUT2D eigenvalue weighted by Gasteiger charge is 2.36. The summed E-state index contributed by atoms with van der Waals surface area (Å²) < 4.78 is 30.0. The van der Waals surface area contributed by atoms with Gasteiger partial charge in [0.2, 0.25) is 0 Å². The first-order valence-corrected chi connectivity index (χ1v) is 10.5. The summed E-state index contributed by atoms with van der Waals surface area (Å²) in [7, 11) is 3.35. The normalized spacial score (nSPS) is 14.3. The van der Waals surface area contributed by atoms with Gasteiger partial charge in [-0.3, -0.25) is 4.57 Å². The highest BCUT2D eigenvalue weighted by molar-refractivity contribution is 7.67. The van der Waals surface area contributed by atoms with E-state index < -0.39 is 13.2 Å². The molecule has 0 aliphatic carbocycles. The van der Waals surface area contributed by atoms with Gasteiger partial charge < -0.3 is 24.0 Å². The molecule has 6 nitrogen and oxygen atoms in total. The van der Waals surface area contributed by atoms with Gasteiger partial charge in [0.15, 0.2) is 17.3 Å². The Bertz CT molecular complexity index is 791. The van der Waals surface area contributed by atoms with E-state index in [4.69, 9.17) is 14.0 Å². The third-order valence-electron chi connectivity index (χ3n) is 4.24. The summed E-state index contributed by atoms with van der Waals surface area (Å²) in [6.07, 6.45) is 0.693. The monoisotopic (exact) mass is 393 g/mol. The van der Waals surface area contributed by atoms with Crippen LogP contribution in [-0.2, 0) is 9.09 Å².